The zero-order valence-electron chi connectivity index (χ0n) is 8.38. The second-order valence-electron chi connectivity index (χ2n) is 3.25. The predicted molar refractivity (Wildman–Crippen MR) is 54.2 cm³/mol. The summed E-state index contributed by atoms with van der Waals surface area (Å²) in [5.41, 5.74) is 10.5. The van der Waals surface area contributed by atoms with Crippen molar-refractivity contribution >= 4 is 5.91 Å². The molecular weight excluding hydrogens is 166 g/mol. The summed E-state index contributed by atoms with van der Waals surface area (Å²) in [5.74, 6) is -0.401. The Morgan fingerprint density at radius 1 is 1.38 bits per heavy atom. The van der Waals surface area contributed by atoms with E-state index in [0.717, 1.165) is 32.4 Å². The van der Waals surface area contributed by atoms with Crippen LogP contribution in [0.25, 0.3) is 0 Å². The Labute approximate surface area is 80.0 Å². The number of carbonyl (C=O) groups is 1. The number of rotatable bonds is 8. The van der Waals surface area contributed by atoms with Crippen molar-refractivity contribution < 1.29 is 4.79 Å². The Kier molecular flexibility index (Phi) is 7.63. The summed E-state index contributed by atoms with van der Waals surface area (Å²) in [6.07, 6.45) is 3.87. The Hall–Kier alpha value is -0.610. The molecule has 0 aromatic carbocycles. The van der Waals surface area contributed by atoms with Crippen LogP contribution in [0, 0.1) is 0 Å². The van der Waals surface area contributed by atoms with Gasteiger partial charge in [0.15, 0.2) is 0 Å². The van der Waals surface area contributed by atoms with E-state index in [1.54, 1.807) is 0 Å². The van der Waals surface area contributed by atoms with Crippen LogP contribution in [0.1, 0.15) is 32.6 Å². The summed E-state index contributed by atoms with van der Waals surface area (Å²) in [5, 5.41) is 3.28. The molecule has 4 heteroatoms. The number of nitrogens with one attached hydrogen (secondary N) is 1. The highest BCUT2D eigenvalue weighted by Gasteiger charge is 2.07. The maximum atomic E-state index is 10.5. The third-order valence-corrected chi connectivity index (χ3v) is 1.91. The monoisotopic (exact) mass is 187 g/mol. The smallest absolute Gasteiger partial charge is 0.234 e. The van der Waals surface area contributed by atoms with Crippen LogP contribution in [-0.4, -0.2) is 25.0 Å². The summed E-state index contributed by atoms with van der Waals surface area (Å²) in [4.78, 5) is 10.5. The fourth-order valence-electron chi connectivity index (χ4n) is 1.06. The first-order valence-corrected chi connectivity index (χ1v) is 4.94. The quantitative estimate of drug-likeness (QED) is 0.467. The molecule has 0 saturated carbocycles. The van der Waals surface area contributed by atoms with Crippen molar-refractivity contribution in [2.75, 3.05) is 13.1 Å². The van der Waals surface area contributed by atoms with Crippen molar-refractivity contribution in [3.05, 3.63) is 0 Å². The molecule has 0 saturated heterocycles. The molecule has 0 fully saturated rings. The van der Waals surface area contributed by atoms with E-state index in [1.807, 2.05) is 0 Å². The Morgan fingerprint density at radius 3 is 2.62 bits per heavy atom. The minimum atomic E-state index is -0.467. The van der Waals surface area contributed by atoms with Crippen molar-refractivity contribution in [3.63, 3.8) is 0 Å². The van der Waals surface area contributed by atoms with Gasteiger partial charge in [-0.2, -0.15) is 0 Å². The lowest BCUT2D eigenvalue weighted by molar-refractivity contribution is -0.119. The molecule has 0 rings (SSSR count). The summed E-state index contributed by atoms with van der Waals surface area (Å²) in [7, 11) is 0. The van der Waals surface area contributed by atoms with Gasteiger partial charge in [-0.1, -0.05) is 13.3 Å². The highest BCUT2D eigenvalue weighted by Crippen LogP contribution is 1.97. The molecule has 1 unspecified atom stereocenters. The number of nitrogens with two attached hydrogens (primary N) is 2. The minimum Gasteiger partial charge on any atom is -0.368 e. The van der Waals surface area contributed by atoms with Gasteiger partial charge in [-0.15, -0.1) is 0 Å². The molecule has 78 valence electrons. The molecule has 0 aliphatic rings. The van der Waals surface area contributed by atoms with Crippen LogP contribution >= 0.6 is 0 Å². The fourth-order valence-corrected chi connectivity index (χ4v) is 1.06. The standard InChI is InChI=1S/C9H21N3O/c1-2-6-12-7-4-3-5-8(10)9(11)13/h8,12H,2-7,10H2,1H3,(H2,11,13). The number of primary amides is 1. The van der Waals surface area contributed by atoms with Gasteiger partial charge >= 0.3 is 0 Å². The molecule has 1 amide bonds. The van der Waals surface area contributed by atoms with Gasteiger partial charge in [-0.3, -0.25) is 4.79 Å². The van der Waals surface area contributed by atoms with E-state index < -0.39 is 11.9 Å². The molecule has 0 aromatic rings. The van der Waals surface area contributed by atoms with Gasteiger partial charge in [0, 0.05) is 0 Å². The van der Waals surface area contributed by atoms with Crippen molar-refractivity contribution in [1.29, 1.82) is 0 Å². The SMILES string of the molecule is CCCNCCCCC(N)C(N)=O. The van der Waals surface area contributed by atoms with Crippen LogP contribution in [0.3, 0.4) is 0 Å². The van der Waals surface area contributed by atoms with E-state index in [1.165, 1.54) is 0 Å². The third-order valence-electron chi connectivity index (χ3n) is 1.91. The van der Waals surface area contributed by atoms with Crippen LogP contribution in [0.15, 0.2) is 0 Å². The van der Waals surface area contributed by atoms with Gasteiger partial charge in [-0.05, 0) is 32.4 Å². The molecule has 0 bridgehead atoms. The molecule has 0 aliphatic heterocycles. The molecule has 1 atom stereocenters. The Balaban J connectivity index is 3.11. The van der Waals surface area contributed by atoms with Crippen molar-refractivity contribution in [3.8, 4) is 0 Å². The first kappa shape index (κ1) is 12.4. The van der Waals surface area contributed by atoms with Gasteiger partial charge in [0.05, 0.1) is 6.04 Å². The van der Waals surface area contributed by atoms with Crippen molar-refractivity contribution in [2.24, 2.45) is 11.5 Å². The Bertz CT molecular complexity index is 139. The van der Waals surface area contributed by atoms with Gasteiger partial charge in [0.2, 0.25) is 5.91 Å². The summed E-state index contributed by atoms with van der Waals surface area (Å²) < 4.78 is 0. The van der Waals surface area contributed by atoms with Gasteiger partial charge in [0.25, 0.3) is 0 Å². The lowest BCUT2D eigenvalue weighted by atomic mass is 10.1. The maximum absolute atomic E-state index is 10.5. The van der Waals surface area contributed by atoms with Gasteiger partial charge in [0.1, 0.15) is 0 Å². The summed E-state index contributed by atoms with van der Waals surface area (Å²) in [6, 6.07) is -0.467. The maximum Gasteiger partial charge on any atom is 0.234 e. The molecule has 4 nitrogen and oxygen atoms in total. The van der Waals surface area contributed by atoms with Crippen LogP contribution in [0.5, 0.6) is 0 Å². The minimum absolute atomic E-state index is 0.401. The zero-order valence-corrected chi connectivity index (χ0v) is 8.38. The number of hydrogen-bond acceptors (Lipinski definition) is 3. The third kappa shape index (κ3) is 7.74. The molecule has 0 aliphatic carbocycles. The summed E-state index contributed by atoms with van der Waals surface area (Å²) >= 11 is 0. The van der Waals surface area contributed by atoms with Crippen LogP contribution in [0.2, 0.25) is 0 Å². The van der Waals surface area contributed by atoms with Crippen LogP contribution < -0.4 is 16.8 Å². The zero-order chi connectivity index (χ0) is 10.1. The highest BCUT2D eigenvalue weighted by atomic mass is 16.1. The Morgan fingerprint density at radius 2 is 2.08 bits per heavy atom. The molecule has 0 heterocycles. The lowest BCUT2D eigenvalue weighted by Gasteiger charge is -2.06. The number of carbonyl (C=O) groups excluding carboxylic acids is 1. The molecule has 0 radical (unpaired) electrons. The predicted octanol–water partition coefficient (Wildman–Crippen LogP) is -0.0311. The average Bonchev–Trinajstić information content (AvgIpc) is 2.10. The highest BCUT2D eigenvalue weighted by molar-refractivity contribution is 5.79. The number of amides is 1. The van der Waals surface area contributed by atoms with Crippen molar-refractivity contribution in [1.82, 2.24) is 5.32 Å². The first-order chi connectivity index (χ1) is 6.18. The average molecular weight is 187 g/mol. The molecule has 13 heavy (non-hydrogen) atoms. The lowest BCUT2D eigenvalue weighted by Crippen LogP contribution is -2.36. The molecule has 5 N–H and O–H groups in total. The second-order valence-corrected chi connectivity index (χ2v) is 3.25. The molecular formula is C9H21N3O. The van der Waals surface area contributed by atoms with Crippen LogP contribution in [-0.2, 0) is 4.79 Å². The van der Waals surface area contributed by atoms with E-state index in [0.29, 0.717) is 6.42 Å². The van der Waals surface area contributed by atoms with E-state index in [2.05, 4.69) is 12.2 Å². The molecule has 0 aromatic heterocycles. The van der Waals surface area contributed by atoms with E-state index in [4.69, 9.17) is 11.5 Å². The van der Waals surface area contributed by atoms with E-state index in [-0.39, 0.29) is 0 Å². The van der Waals surface area contributed by atoms with E-state index in [9.17, 15) is 4.79 Å². The second kappa shape index (κ2) is 8.01. The first-order valence-electron chi connectivity index (χ1n) is 4.94. The van der Waals surface area contributed by atoms with Gasteiger partial charge < -0.3 is 16.8 Å². The van der Waals surface area contributed by atoms with Gasteiger partial charge in [-0.25, -0.2) is 0 Å². The fraction of sp³-hybridized carbons (Fsp3) is 0.889. The molecule has 0 spiro atoms. The van der Waals surface area contributed by atoms with E-state index >= 15 is 0 Å². The van der Waals surface area contributed by atoms with Crippen molar-refractivity contribution in [2.45, 2.75) is 38.6 Å². The summed E-state index contributed by atoms with van der Waals surface area (Å²) in [6.45, 7) is 4.19. The number of hydrogen-bond donors (Lipinski definition) is 3. The normalized spacial score (nSPS) is 12.8. The number of unbranched alkanes of at least 4 members (excludes halogenated alkanes) is 1. The largest absolute Gasteiger partial charge is 0.368 e. The topological polar surface area (TPSA) is 81.1 Å². The van der Waals surface area contributed by atoms with Crippen LogP contribution in [0.4, 0.5) is 0 Å².